The Morgan fingerprint density at radius 2 is 1.92 bits per heavy atom. The normalized spacial score (nSPS) is 11.8. The van der Waals surface area contributed by atoms with E-state index in [1.165, 1.54) is 23.5 Å². The van der Waals surface area contributed by atoms with Gasteiger partial charge in [-0.3, -0.25) is 4.79 Å². The van der Waals surface area contributed by atoms with Gasteiger partial charge in [-0.25, -0.2) is 14.4 Å². The van der Waals surface area contributed by atoms with E-state index in [-0.39, 0.29) is 17.8 Å². The Kier molecular flexibility index (Phi) is 5.04. The van der Waals surface area contributed by atoms with Gasteiger partial charge in [0.25, 0.3) is 5.91 Å². The molecule has 0 aliphatic carbocycles. The summed E-state index contributed by atoms with van der Waals surface area (Å²) in [6.07, 6.45) is 1.67. The topological polar surface area (TPSA) is 66.9 Å². The molecule has 7 heteroatoms. The summed E-state index contributed by atoms with van der Waals surface area (Å²) in [6, 6.07) is 11.3. The van der Waals surface area contributed by atoms with Gasteiger partial charge in [0.1, 0.15) is 5.82 Å². The average molecular weight is 356 g/mol. The molecule has 0 spiro atoms. The molecule has 0 radical (unpaired) electrons. The van der Waals surface area contributed by atoms with E-state index in [1.54, 1.807) is 37.5 Å². The molecule has 0 bridgehead atoms. The standard InChI is InChI=1S/C18H17FN4OS/c1-11(12-3-5-13(19)6-4-12)22-17(24)16-8-7-15(25-16)14-9-10-21-18(20-2)23-14/h3-11H,1-2H3,(H,22,24)(H,20,21,23). The molecule has 0 saturated heterocycles. The van der Waals surface area contributed by atoms with Crippen molar-refractivity contribution in [2.45, 2.75) is 13.0 Å². The van der Waals surface area contributed by atoms with E-state index in [2.05, 4.69) is 20.6 Å². The Hall–Kier alpha value is -2.80. The number of amides is 1. The highest BCUT2D eigenvalue weighted by Gasteiger charge is 2.15. The molecule has 25 heavy (non-hydrogen) atoms. The SMILES string of the molecule is CNc1nccc(-c2ccc(C(=O)NC(C)c3ccc(F)cc3)s2)n1. The van der Waals surface area contributed by atoms with Gasteiger partial charge >= 0.3 is 0 Å². The summed E-state index contributed by atoms with van der Waals surface area (Å²) in [6.45, 7) is 1.86. The van der Waals surface area contributed by atoms with Crippen LogP contribution in [0.2, 0.25) is 0 Å². The highest BCUT2D eigenvalue weighted by molar-refractivity contribution is 7.17. The van der Waals surface area contributed by atoms with Gasteiger partial charge < -0.3 is 10.6 Å². The first-order chi connectivity index (χ1) is 12.1. The number of hydrogen-bond acceptors (Lipinski definition) is 5. The second-order valence-corrected chi connectivity index (χ2v) is 6.51. The van der Waals surface area contributed by atoms with Gasteiger partial charge in [-0.15, -0.1) is 11.3 Å². The molecule has 1 atom stereocenters. The Morgan fingerprint density at radius 1 is 1.16 bits per heavy atom. The van der Waals surface area contributed by atoms with Gasteiger partial charge in [0, 0.05) is 13.2 Å². The van der Waals surface area contributed by atoms with Crippen LogP contribution < -0.4 is 10.6 Å². The molecule has 1 aromatic carbocycles. The first kappa shape index (κ1) is 17.0. The average Bonchev–Trinajstić information content (AvgIpc) is 3.12. The molecule has 0 fully saturated rings. The second kappa shape index (κ2) is 7.40. The molecular formula is C18H17FN4OS. The predicted molar refractivity (Wildman–Crippen MR) is 97.2 cm³/mol. The number of carbonyl (C=O) groups excluding carboxylic acids is 1. The number of nitrogens with one attached hydrogen (secondary N) is 2. The lowest BCUT2D eigenvalue weighted by atomic mass is 10.1. The van der Waals surface area contributed by atoms with E-state index in [0.29, 0.717) is 10.8 Å². The summed E-state index contributed by atoms with van der Waals surface area (Å²) in [5.74, 6) is 0.0637. The highest BCUT2D eigenvalue weighted by Crippen LogP contribution is 2.27. The van der Waals surface area contributed by atoms with Gasteiger partial charge in [-0.1, -0.05) is 12.1 Å². The van der Waals surface area contributed by atoms with Crippen LogP contribution in [0, 0.1) is 5.82 Å². The summed E-state index contributed by atoms with van der Waals surface area (Å²) >= 11 is 1.36. The van der Waals surface area contributed by atoms with Crippen LogP contribution in [0.5, 0.6) is 0 Å². The lowest BCUT2D eigenvalue weighted by Gasteiger charge is -2.13. The quantitative estimate of drug-likeness (QED) is 0.728. The second-order valence-electron chi connectivity index (χ2n) is 5.43. The smallest absolute Gasteiger partial charge is 0.261 e. The highest BCUT2D eigenvalue weighted by atomic mass is 32.1. The van der Waals surface area contributed by atoms with Crippen LogP contribution in [0.4, 0.5) is 10.3 Å². The van der Waals surface area contributed by atoms with Crippen molar-refractivity contribution in [2.75, 3.05) is 12.4 Å². The number of anilines is 1. The van der Waals surface area contributed by atoms with Crippen LogP contribution in [0.1, 0.15) is 28.2 Å². The Morgan fingerprint density at radius 3 is 2.64 bits per heavy atom. The first-order valence-electron chi connectivity index (χ1n) is 7.74. The summed E-state index contributed by atoms with van der Waals surface area (Å²) in [5.41, 5.74) is 1.61. The number of benzene rings is 1. The Labute approximate surface area is 149 Å². The van der Waals surface area contributed by atoms with Crippen molar-refractivity contribution >= 4 is 23.2 Å². The van der Waals surface area contributed by atoms with E-state index in [9.17, 15) is 9.18 Å². The zero-order valence-electron chi connectivity index (χ0n) is 13.8. The fraction of sp³-hybridized carbons (Fsp3) is 0.167. The largest absolute Gasteiger partial charge is 0.357 e. The van der Waals surface area contributed by atoms with Crippen molar-refractivity contribution in [2.24, 2.45) is 0 Å². The molecule has 3 aromatic rings. The molecule has 1 amide bonds. The number of hydrogen-bond donors (Lipinski definition) is 2. The molecule has 0 aliphatic rings. The zero-order chi connectivity index (χ0) is 17.8. The number of rotatable bonds is 5. The van der Waals surface area contributed by atoms with Crippen LogP contribution in [0.15, 0.2) is 48.7 Å². The van der Waals surface area contributed by atoms with Crippen molar-refractivity contribution < 1.29 is 9.18 Å². The van der Waals surface area contributed by atoms with Crippen molar-refractivity contribution in [3.63, 3.8) is 0 Å². The first-order valence-corrected chi connectivity index (χ1v) is 8.56. The fourth-order valence-corrected chi connectivity index (χ4v) is 3.20. The van der Waals surface area contributed by atoms with Gasteiger partial charge in [0.2, 0.25) is 5.95 Å². The third-order valence-corrected chi connectivity index (χ3v) is 4.79. The van der Waals surface area contributed by atoms with Crippen molar-refractivity contribution in [1.82, 2.24) is 15.3 Å². The zero-order valence-corrected chi connectivity index (χ0v) is 14.6. The van der Waals surface area contributed by atoms with Crippen molar-refractivity contribution in [3.8, 4) is 10.6 Å². The molecule has 1 unspecified atom stereocenters. The van der Waals surface area contributed by atoms with Crippen LogP contribution in [-0.4, -0.2) is 22.9 Å². The van der Waals surface area contributed by atoms with Gasteiger partial charge in [-0.2, -0.15) is 0 Å². The third-order valence-electron chi connectivity index (χ3n) is 3.68. The van der Waals surface area contributed by atoms with Gasteiger partial charge in [0.05, 0.1) is 21.5 Å². The molecule has 0 aliphatic heterocycles. The molecule has 5 nitrogen and oxygen atoms in total. The maximum Gasteiger partial charge on any atom is 0.261 e. The van der Waals surface area contributed by atoms with Crippen LogP contribution in [0.25, 0.3) is 10.6 Å². The minimum atomic E-state index is -0.295. The molecule has 3 rings (SSSR count). The summed E-state index contributed by atoms with van der Waals surface area (Å²) in [7, 11) is 1.75. The lowest BCUT2D eigenvalue weighted by molar-refractivity contribution is 0.0944. The summed E-state index contributed by atoms with van der Waals surface area (Å²) in [4.78, 5) is 22.4. The molecule has 0 saturated carbocycles. The van der Waals surface area contributed by atoms with Crippen molar-refractivity contribution in [1.29, 1.82) is 0 Å². The minimum Gasteiger partial charge on any atom is -0.357 e. The Bertz CT molecular complexity index is 879. The molecule has 128 valence electrons. The van der Waals surface area contributed by atoms with E-state index >= 15 is 0 Å². The van der Waals surface area contributed by atoms with Crippen LogP contribution in [0.3, 0.4) is 0 Å². The lowest BCUT2D eigenvalue weighted by Crippen LogP contribution is -2.25. The number of carbonyl (C=O) groups is 1. The summed E-state index contributed by atoms with van der Waals surface area (Å²) in [5, 5.41) is 5.81. The van der Waals surface area contributed by atoms with E-state index in [1.807, 2.05) is 13.0 Å². The maximum absolute atomic E-state index is 13.0. The number of nitrogens with zero attached hydrogens (tertiary/aromatic N) is 2. The summed E-state index contributed by atoms with van der Waals surface area (Å²) < 4.78 is 13.0. The maximum atomic E-state index is 13.0. The molecule has 2 aromatic heterocycles. The van der Waals surface area contributed by atoms with E-state index < -0.39 is 0 Å². The van der Waals surface area contributed by atoms with Gasteiger partial charge in [-0.05, 0) is 42.8 Å². The number of aromatic nitrogens is 2. The molecule has 2 N–H and O–H groups in total. The predicted octanol–water partition coefficient (Wildman–Crippen LogP) is 3.88. The number of thiophene rings is 1. The van der Waals surface area contributed by atoms with Gasteiger partial charge in [0.15, 0.2) is 0 Å². The van der Waals surface area contributed by atoms with Crippen LogP contribution >= 0.6 is 11.3 Å². The van der Waals surface area contributed by atoms with E-state index in [0.717, 1.165) is 16.1 Å². The van der Waals surface area contributed by atoms with Crippen molar-refractivity contribution in [3.05, 3.63) is 64.9 Å². The fourth-order valence-electron chi connectivity index (χ4n) is 2.32. The van der Waals surface area contributed by atoms with E-state index in [4.69, 9.17) is 0 Å². The monoisotopic (exact) mass is 356 g/mol. The number of halogens is 1. The minimum absolute atomic E-state index is 0.170. The third kappa shape index (κ3) is 4.00. The molecular weight excluding hydrogens is 339 g/mol. The van der Waals surface area contributed by atoms with Crippen LogP contribution in [-0.2, 0) is 0 Å². The molecule has 2 heterocycles. The Balaban J connectivity index is 1.73.